The predicted octanol–water partition coefficient (Wildman–Crippen LogP) is 0.791. The summed E-state index contributed by atoms with van der Waals surface area (Å²) in [7, 11) is 2.29. The van der Waals surface area contributed by atoms with E-state index in [9.17, 15) is 0 Å². The van der Waals surface area contributed by atoms with Gasteiger partial charge >= 0.3 is 0 Å². The average Bonchev–Trinajstić information content (AvgIpc) is 2.92. The highest BCUT2D eigenvalue weighted by Gasteiger charge is 2.53. The van der Waals surface area contributed by atoms with Crippen molar-refractivity contribution in [3.63, 3.8) is 0 Å². The van der Waals surface area contributed by atoms with Gasteiger partial charge in [0, 0.05) is 56.9 Å². The van der Waals surface area contributed by atoms with Crippen LogP contribution in [0.2, 0.25) is 0 Å². The Kier molecular flexibility index (Phi) is 3.57. The summed E-state index contributed by atoms with van der Waals surface area (Å²) in [5, 5.41) is 0. The lowest BCUT2D eigenvalue weighted by molar-refractivity contribution is -0.128. The Bertz CT molecular complexity index is 392. The zero-order chi connectivity index (χ0) is 14.6. The second-order valence-electron chi connectivity index (χ2n) is 8.15. The van der Waals surface area contributed by atoms with Crippen molar-refractivity contribution < 1.29 is 0 Å². The Labute approximate surface area is 130 Å². The van der Waals surface area contributed by atoms with E-state index in [0.717, 1.165) is 18.0 Å². The summed E-state index contributed by atoms with van der Waals surface area (Å²) in [6, 6.07) is 1.58. The van der Waals surface area contributed by atoms with Crippen molar-refractivity contribution in [3.05, 3.63) is 0 Å². The predicted molar refractivity (Wildman–Crippen MR) is 86.6 cm³/mol. The maximum Gasteiger partial charge on any atom is 0.0475 e. The van der Waals surface area contributed by atoms with Crippen LogP contribution in [-0.4, -0.2) is 96.6 Å². The van der Waals surface area contributed by atoms with Gasteiger partial charge in [0.1, 0.15) is 0 Å². The summed E-state index contributed by atoms with van der Waals surface area (Å²) >= 11 is 0. The molecule has 0 amide bonds. The summed E-state index contributed by atoms with van der Waals surface area (Å²) in [4.78, 5) is 10.8. The molecule has 0 N–H and O–H groups in total. The minimum Gasteiger partial charge on any atom is -0.304 e. The van der Waals surface area contributed by atoms with E-state index in [1.165, 1.54) is 65.2 Å². The van der Waals surface area contributed by atoms with Crippen molar-refractivity contribution in [2.24, 2.45) is 5.92 Å². The molecule has 0 aromatic carbocycles. The molecule has 4 nitrogen and oxygen atoms in total. The molecule has 0 aliphatic carbocycles. The molecular formula is C17H32N4. The second kappa shape index (κ2) is 5.19. The Balaban J connectivity index is 1.33. The largest absolute Gasteiger partial charge is 0.304 e. The first kappa shape index (κ1) is 14.4. The SMILES string of the molecule is CCN1CC2(CCN2CC(C)N2CCC3CN(C)C[C@@H]32)C1. The molecule has 4 fully saturated rings. The third-order valence-corrected chi connectivity index (χ3v) is 6.82. The van der Waals surface area contributed by atoms with Crippen LogP contribution in [0.15, 0.2) is 0 Å². The van der Waals surface area contributed by atoms with Gasteiger partial charge in [-0.15, -0.1) is 0 Å². The average molecular weight is 292 g/mol. The molecule has 0 aromatic rings. The van der Waals surface area contributed by atoms with Gasteiger partial charge < -0.3 is 4.90 Å². The zero-order valence-corrected chi connectivity index (χ0v) is 14.1. The second-order valence-corrected chi connectivity index (χ2v) is 8.15. The van der Waals surface area contributed by atoms with E-state index < -0.39 is 0 Å². The highest BCUT2D eigenvalue weighted by atomic mass is 15.4. The van der Waals surface area contributed by atoms with Crippen molar-refractivity contribution >= 4 is 0 Å². The highest BCUT2D eigenvalue weighted by Crippen LogP contribution is 2.40. The number of hydrogen-bond donors (Lipinski definition) is 0. The molecular weight excluding hydrogens is 260 g/mol. The van der Waals surface area contributed by atoms with Crippen LogP contribution in [-0.2, 0) is 0 Å². The Morgan fingerprint density at radius 1 is 1.19 bits per heavy atom. The van der Waals surface area contributed by atoms with E-state index in [0.29, 0.717) is 5.54 Å². The fourth-order valence-corrected chi connectivity index (χ4v) is 5.42. The van der Waals surface area contributed by atoms with E-state index in [1.807, 2.05) is 0 Å². The first-order valence-electron chi connectivity index (χ1n) is 9.03. The molecule has 0 saturated carbocycles. The first-order chi connectivity index (χ1) is 10.1. The summed E-state index contributed by atoms with van der Waals surface area (Å²) in [5.41, 5.74) is 0.579. The van der Waals surface area contributed by atoms with Crippen LogP contribution >= 0.6 is 0 Å². The maximum absolute atomic E-state index is 2.83. The van der Waals surface area contributed by atoms with Crippen LogP contribution in [0.25, 0.3) is 0 Å². The molecule has 0 bridgehead atoms. The van der Waals surface area contributed by atoms with Gasteiger partial charge in [-0.05, 0) is 45.8 Å². The molecule has 4 aliphatic heterocycles. The van der Waals surface area contributed by atoms with Gasteiger partial charge in [0.15, 0.2) is 0 Å². The number of likely N-dealkylation sites (tertiary alicyclic amines) is 4. The molecule has 3 atom stereocenters. The third kappa shape index (κ3) is 2.26. The van der Waals surface area contributed by atoms with Gasteiger partial charge in [0.2, 0.25) is 0 Å². The molecule has 21 heavy (non-hydrogen) atoms. The number of fused-ring (bicyclic) bond motifs is 1. The van der Waals surface area contributed by atoms with Crippen molar-refractivity contribution in [2.45, 2.75) is 44.3 Å². The van der Waals surface area contributed by atoms with Crippen molar-refractivity contribution in [3.8, 4) is 0 Å². The number of likely N-dealkylation sites (N-methyl/N-ethyl adjacent to an activating group) is 2. The standard InChI is InChI=1S/C17H32N4/c1-4-19-12-17(13-19)6-8-20(17)9-14(2)21-7-5-15-10-18(3)11-16(15)21/h14-16H,4-13H2,1-3H3/t14?,15?,16-/m0/s1. The number of rotatable bonds is 4. The van der Waals surface area contributed by atoms with Gasteiger partial charge in [-0.3, -0.25) is 14.7 Å². The molecule has 4 rings (SSSR count). The highest BCUT2D eigenvalue weighted by molar-refractivity contribution is 5.11. The van der Waals surface area contributed by atoms with Gasteiger partial charge in [-0.2, -0.15) is 0 Å². The molecule has 4 heterocycles. The molecule has 2 unspecified atom stereocenters. The van der Waals surface area contributed by atoms with Gasteiger partial charge in [-0.1, -0.05) is 6.92 Å². The number of nitrogens with zero attached hydrogens (tertiary/aromatic N) is 4. The monoisotopic (exact) mass is 292 g/mol. The summed E-state index contributed by atoms with van der Waals surface area (Å²) in [6.07, 6.45) is 2.86. The fourth-order valence-electron chi connectivity index (χ4n) is 5.42. The molecule has 4 aliphatic rings. The van der Waals surface area contributed by atoms with E-state index in [1.54, 1.807) is 0 Å². The number of hydrogen-bond acceptors (Lipinski definition) is 4. The first-order valence-corrected chi connectivity index (χ1v) is 9.03. The quantitative estimate of drug-likeness (QED) is 0.759. The minimum absolute atomic E-state index is 0.579. The lowest BCUT2D eigenvalue weighted by Crippen LogP contribution is -2.77. The molecule has 1 spiro atoms. The van der Waals surface area contributed by atoms with Crippen molar-refractivity contribution in [2.75, 3.05) is 59.4 Å². The topological polar surface area (TPSA) is 13.0 Å². The van der Waals surface area contributed by atoms with E-state index in [4.69, 9.17) is 0 Å². The van der Waals surface area contributed by atoms with E-state index in [2.05, 4.69) is 40.5 Å². The fraction of sp³-hybridized carbons (Fsp3) is 1.00. The summed E-state index contributed by atoms with van der Waals surface area (Å²) in [5.74, 6) is 0.946. The molecule has 4 heteroatoms. The Morgan fingerprint density at radius 3 is 2.67 bits per heavy atom. The van der Waals surface area contributed by atoms with E-state index >= 15 is 0 Å². The van der Waals surface area contributed by atoms with E-state index in [-0.39, 0.29) is 0 Å². The normalized spacial score (nSPS) is 38.4. The molecule has 120 valence electrons. The maximum atomic E-state index is 2.83. The molecule has 4 saturated heterocycles. The third-order valence-electron chi connectivity index (χ3n) is 6.82. The van der Waals surface area contributed by atoms with Crippen LogP contribution in [0.5, 0.6) is 0 Å². The lowest BCUT2D eigenvalue weighted by Gasteiger charge is -2.63. The van der Waals surface area contributed by atoms with Crippen LogP contribution < -0.4 is 0 Å². The summed E-state index contributed by atoms with van der Waals surface area (Å²) < 4.78 is 0. The molecule has 0 radical (unpaired) electrons. The minimum atomic E-state index is 0.579. The van der Waals surface area contributed by atoms with Gasteiger partial charge in [0.25, 0.3) is 0 Å². The van der Waals surface area contributed by atoms with Gasteiger partial charge in [0.05, 0.1) is 0 Å². The van der Waals surface area contributed by atoms with Crippen LogP contribution in [0.4, 0.5) is 0 Å². The van der Waals surface area contributed by atoms with Crippen molar-refractivity contribution in [1.29, 1.82) is 0 Å². The Hall–Kier alpha value is -0.160. The van der Waals surface area contributed by atoms with Crippen molar-refractivity contribution in [1.82, 2.24) is 19.6 Å². The van der Waals surface area contributed by atoms with Gasteiger partial charge in [-0.25, -0.2) is 0 Å². The smallest absolute Gasteiger partial charge is 0.0475 e. The van der Waals surface area contributed by atoms with Crippen LogP contribution in [0.3, 0.4) is 0 Å². The van der Waals surface area contributed by atoms with Crippen LogP contribution in [0, 0.1) is 5.92 Å². The molecule has 0 aromatic heterocycles. The zero-order valence-electron chi connectivity index (χ0n) is 14.1. The summed E-state index contributed by atoms with van der Waals surface area (Å²) in [6.45, 7) is 15.2. The van der Waals surface area contributed by atoms with Crippen LogP contribution in [0.1, 0.15) is 26.7 Å². The lowest BCUT2D eigenvalue weighted by atomic mass is 9.77. The Morgan fingerprint density at radius 2 is 2.00 bits per heavy atom.